The van der Waals surface area contributed by atoms with Crippen LogP contribution in [-0.4, -0.2) is 0 Å². The highest BCUT2D eigenvalue weighted by molar-refractivity contribution is 5.32. The maximum Gasteiger partial charge on any atom is 0.416 e. The van der Waals surface area contributed by atoms with Crippen molar-refractivity contribution in [3.05, 3.63) is 69.3 Å². The molecule has 2 rings (SSSR count). The monoisotopic (exact) mass is 365 g/mol. The van der Waals surface area contributed by atoms with Crippen molar-refractivity contribution >= 4 is 0 Å². The molecule has 25 heavy (non-hydrogen) atoms. The largest absolute Gasteiger partial charge is 0.416 e. The van der Waals surface area contributed by atoms with Gasteiger partial charge in [-0.25, -0.2) is 17.6 Å². The topological polar surface area (TPSA) is 12.0 Å². The predicted molar refractivity (Wildman–Crippen MR) is 77.7 cm³/mol. The zero-order valence-corrected chi connectivity index (χ0v) is 13.3. The van der Waals surface area contributed by atoms with Crippen LogP contribution in [0.3, 0.4) is 0 Å². The quantitative estimate of drug-likeness (QED) is 0.448. The van der Waals surface area contributed by atoms with Gasteiger partial charge in [0.05, 0.1) is 5.56 Å². The number of alkyl halides is 3. The van der Waals surface area contributed by atoms with Crippen LogP contribution < -0.4 is 5.32 Å². The molecule has 0 radical (unpaired) electrons. The Morgan fingerprint density at radius 1 is 0.800 bits per heavy atom. The van der Waals surface area contributed by atoms with Crippen molar-refractivity contribution < 1.29 is 30.7 Å². The predicted octanol–water partition coefficient (Wildman–Crippen LogP) is 5.17. The van der Waals surface area contributed by atoms with E-state index in [0.29, 0.717) is 5.56 Å². The number of nitrogens with one attached hydrogen (secondary N) is 1. The van der Waals surface area contributed by atoms with E-state index in [2.05, 4.69) is 5.32 Å². The second-order valence-corrected chi connectivity index (χ2v) is 5.67. The molecule has 0 saturated carbocycles. The standard InChI is InChI=1S/C17H14F7N/c1-8-3-10(5-11(4-8)17(22,23)24)6-25-7-12-13(18)9(2)14(19)16(21)15(12)20/h3-5,25H,6-7H2,1-2H3. The van der Waals surface area contributed by atoms with Crippen LogP contribution in [-0.2, 0) is 19.3 Å². The molecule has 136 valence electrons. The average Bonchev–Trinajstić information content (AvgIpc) is 2.53. The summed E-state index contributed by atoms with van der Waals surface area (Å²) in [5.41, 5.74) is -1.60. The summed E-state index contributed by atoms with van der Waals surface area (Å²) in [6.45, 7) is 1.80. The summed E-state index contributed by atoms with van der Waals surface area (Å²) in [6, 6.07) is 3.36. The number of rotatable bonds is 4. The molecular formula is C17H14F7N. The van der Waals surface area contributed by atoms with Gasteiger partial charge >= 0.3 is 6.18 Å². The molecule has 0 aliphatic carbocycles. The molecule has 0 heterocycles. The van der Waals surface area contributed by atoms with Gasteiger partial charge in [0, 0.05) is 24.2 Å². The maximum absolute atomic E-state index is 13.9. The molecule has 2 aromatic rings. The molecule has 0 spiro atoms. The zero-order valence-electron chi connectivity index (χ0n) is 13.3. The van der Waals surface area contributed by atoms with Gasteiger partial charge in [-0.1, -0.05) is 11.6 Å². The first-order chi connectivity index (χ1) is 11.5. The van der Waals surface area contributed by atoms with Crippen LogP contribution >= 0.6 is 0 Å². The maximum atomic E-state index is 13.9. The average molecular weight is 365 g/mol. The third kappa shape index (κ3) is 4.12. The van der Waals surface area contributed by atoms with Crippen LogP contribution in [0.1, 0.15) is 27.8 Å². The Morgan fingerprint density at radius 2 is 1.44 bits per heavy atom. The first kappa shape index (κ1) is 19.2. The zero-order chi connectivity index (χ0) is 18.9. The van der Waals surface area contributed by atoms with E-state index in [1.54, 1.807) is 0 Å². The summed E-state index contributed by atoms with van der Waals surface area (Å²) in [5.74, 6) is -6.28. The minimum absolute atomic E-state index is 0.137. The lowest BCUT2D eigenvalue weighted by atomic mass is 10.1. The minimum Gasteiger partial charge on any atom is -0.308 e. The molecule has 1 N–H and O–H groups in total. The van der Waals surface area contributed by atoms with Crippen molar-refractivity contribution in [2.24, 2.45) is 0 Å². The summed E-state index contributed by atoms with van der Waals surface area (Å²) in [4.78, 5) is 0. The smallest absolute Gasteiger partial charge is 0.308 e. The van der Waals surface area contributed by atoms with E-state index in [9.17, 15) is 30.7 Å². The first-order valence-electron chi connectivity index (χ1n) is 7.22. The van der Waals surface area contributed by atoms with Gasteiger partial charge in [-0.3, -0.25) is 0 Å². The molecule has 1 nitrogen and oxygen atoms in total. The van der Waals surface area contributed by atoms with Crippen molar-refractivity contribution in [1.82, 2.24) is 5.32 Å². The summed E-state index contributed by atoms with van der Waals surface area (Å²) in [6.07, 6.45) is -4.52. The van der Waals surface area contributed by atoms with E-state index in [1.807, 2.05) is 0 Å². The van der Waals surface area contributed by atoms with Crippen molar-refractivity contribution in [3.63, 3.8) is 0 Å². The second-order valence-electron chi connectivity index (χ2n) is 5.67. The fraction of sp³-hybridized carbons (Fsp3) is 0.294. The van der Waals surface area contributed by atoms with Crippen LogP contribution in [0, 0.1) is 37.1 Å². The molecule has 0 fully saturated rings. The first-order valence-corrected chi connectivity index (χ1v) is 7.22. The summed E-state index contributed by atoms with van der Waals surface area (Å²) < 4.78 is 92.4. The van der Waals surface area contributed by atoms with Crippen LogP contribution in [0.5, 0.6) is 0 Å². The molecule has 0 aromatic heterocycles. The Balaban J connectivity index is 2.19. The summed E-state index contributed by atoms with van der Waals surface area (Å²) in [7, 11) is 0. The highest BCUT2D eigenvalue weighted by Crippen LogP contribution is 2.30. The van der Waals surface area contributed by atoms with Gasteiger partial charge in [0.2, 0.25) is 0 Å². The fourth-order valence-electron chi connectivity index (χ4n) is 2.43. The fourth-order valence-corrected chi connectivity index (χ4v) is 2.43. The van der Waals surface area contributed by atoms with Crippen LogP contribution in [0.4, 0.5) is 30.7 Å². The SMILES string of the molecule is Cc1cc(CNCc2c(F)c(C)c(F)c(F)c2F)cc(C(F)(F)F)c1. The Bertz CT molecular complexity index is 768. The van der Waals surface area contributed by atoms with E-state index in [-0.39, 0.29) is 12.1 Å². The third-order valence-corrected chi connectivity index (χ3v) is 3.67. The van der Waals surface area contributed by atoms with Crippen molar-refractivity contribution in [3.8, 4) is 0 Å². The third-order valence-electron chi connectivity index (χ3n) is 3.67. The molecule has 0 atom stereocenters. The van der Waals surface area contributed by atoms with Crippen molar-refractivity contribution in [2.45, 2.75) is 33.1 Å². The van der Waals surface area contributed by atoms with E-state index >= 15 is 0 Å². The van der Waals surface area contributed by atoms with Gasteiger partial charge in [0.1, 0.15) is 5.82 Å². The molecule has 0 saturated heterocycles. The Kier molecular flexibility index (Phi) is 5.41. The van der Waals surface area contributed by atoms with Gasteiger partial charge in [-0.2, -0.15) is 13.2 Å². The number of benzene rings is 2. The van der Waals surface area contributed by atoms with Gasteiger partial charge in [-0.15, -0.1) is 0 Å². The lowest BCUT2D eigenvalue weighted by molar-refractivity contribution is -0.137. The lowest BCUT2D eigenvalue weighted by Gasteiger charge is -2.13. The molecule has 0 aliphatic rings. The second kappa shape index (κ2) is 7.03. The van der Waals surface area contributed by atoms with Crippen LogP contribution in [0.2, 0.25) is 0 Å². The Morgan fingerprint density at radius 3 is 2.04 bits per heavy atom. The number of hydrogen-bond acceptors (Lipinski definition) is 1. The van der Waals surface area contributed by atoms with Crippen LogP contribution in [0.15, 0.2) is 18.2 Å². The molecule has 0 bridgehead atoms. The highest BCUT2D eigenvalue weighted by Gasteiger charge is 2.30. The van der Waals surface area contributed by atoms with Gasteiger partial charge < -0.3 is 5.32 Å². The summed E-state index contributed by atoms with van der Waals surface area (Å²) >= 11 is 0. The normalized spacial score (nSPS) is 11.9. The molecule has 8 heteroatoms. The van der Waals surface area contributed by atoms with E-state index in [4.69, 9.17) is 0 Å². The molecule has 0 unspecified atom stereocenters. The van der Waals surface area contributed by atoms with E-state index in [0.717, 1.165) is 19.1 Å². The number of aryl methyl sites for hydroxylation is 1. The number of hydrogen-bond donors (Lipinski definition) is 1. The molecule has 0 aliphatic heterocycles. The van der Waals surface area contributed by atoms with Gasteiger partial charge in [0.25, 0.3) is 0 Å². The molecule has 0 amide bonds. The van der Waals surface area contributed by atoms with Crippen molar-refractivity contribution in [1.29, 1.82) is 0 Å². The lowest BCUT2D eigenvalue weighted by Crippen LogP contribution is -2.18. The molecular weight excluding hydrogens is 351 g/mol. The Labute approximate surface area is 139 Å². The van der Waals surface area contributed by atoms with Gasteiger partial charge in [0.15, 0.2) is 17.5 Å². The van der Waals surface area contributed by atoms with Gasteiger partial charge in [-0.05, 0) is 31.5 Å². The minimum atomic E-state index is -4.52. The van der Waals surface area contributed by atoms with E-state index in [1.165, 1.54) is 13.0 Å². The van der Waals surface area contributed by atoms with Crippen LogP contribution in [0.25, 0.3) is 0 Å². The molecule has 2 aromatic carbocycles. The number of halogens is 7. The van der Waals surface area contributed by atoms with E-state index < -0.39 is 52.7 Å². The Hall–Kier alpha value is -2.09. The summed E-state index contributed by atoms with van der Waals surface area (Å²) in [5, 5.41) is 2.54. The highest BCUT2D eigenvalue weighted by atomic mass is 19.4. The van der Waals surface area contributed by atoms with Crippen molar-refractivity contribution in [2.75, 3.05) is 0 Å².